The molecule has 0 saturated carbocycles. The minimum Gasteiger partial charge on any atom is -0.398 e. The van der Waals surface area contributed by atoms with Crippen LogP contribution in [0.15, 0.2) is 36.4 Å². The number of rotatable bonds is 2. The number of aryl methyl sites for hydroxylation is 1. The number of carbonyl (C=O) groups is 1. The molecule has 0 aliphatic rings. The SMILES string of the molecule is Cc1ccc(NC(=O)c2ccc(N)c(Cl)c2)c(Cl)c1. The molecule has 0 saturated heterocycles. The van der Waals surface area contributed by atoms with Crippen molar-refractivity contribution in [3.8, 4) is 0 Å². The van der Waals surface area contributed by atoms with Crippen molar-refractivity contribution in [3.63, 3.8) is 0 Å². The molecule has 1 amide bonds. The number of halogens is 2. The predicted molar refractivity (Wildman–Crippen MR) is 80.0 cm³/mol. The molecule has 0 radical (unpaired) electrons. The van der Waals surface area contributed by atoms with Gasteiger partial charge in [0.25, 0.3) is 5.91 Å². The smallest absolute Gasteiger partial charge is 0.255 e. The summed E-state index contributed by atoms with van der Waals surface area (Å²) in [5, 5.41) is 3.58. The average molecular weight is 295 g/mol. The lowest BCUT2D eigenvalue weighted by Crippen LogP contribution is -2.12. The number of nitrogens with two attached hydrogens (primary N) is 1. The Morgan fingerprint density at radius 3 is 2.47 bits per heavy atom. The second kappa shape index (κ2) is 5.51. The van der Waals surface area contributed by atoms with E-state index in [1.807, 2.05) is 13.0 Å². The summed E-state index contributed by atoms with van der Waals surface area (Å²) in [6.45, 7) is 1.93. The summed E-state index contributed by atoms with van der Waals surface area (Å²) in [5.74, 6) is -0.285. The highest BCUT2D eigenvalue weighted by atomic mass is 35.5. The van der Waals surface area contributed by atoms with Crippen LogP contribution in [0.4, 0.5) is 11.4 Å². The second-order valence-electron chi connectivity index (χ2n) is 4.17. The van der Waals surface area contributed by atoms with Crippen LogP contribution >= 0.6 is 23.2 Å². The molecular weight excluding hydrogens is 283 g/mol. The molecule has 5 heteroatoms. The van der Waals surface area contributed by atoms with E-state index in [1.54, 1.807) is 24.3 Å². The molecule has 98 valence electrons. The first kappa shape index (κ1) is 13.7. The third-order valence-electron chi connectivity index (χ3n) is 2.64. The number of benzene rings is 2. The first-order chi connectivity index (χ1) is 8.97. The number of hydrogen-bond donors (Lipinski definition) is 2. The minimum absolute atomic E-state index is 0.285. The highest BCUT2D eigenvalue weighted by molar-refractivity contribution is 6.34. The van der Waals surface area contributed by atoms with E-state index < -0.39 is 0 Å². The summed E-state index contributed by atoms with van der Waals surface area (Å²) in [5.41, 5.74) is 8.05. The average Bonchev–Trinajstić information content (AvgIpc) is 2.36. The molecule has 3 nitrogen and oxygen atoms in total. The van der Waals surface area contributed by atoms with Crippen LogP contribution in [-0.4, -0.2) is 5.91 Å². The largest absolute Gasteiger partial charge is 0.398 e. The molecular formula is C14H12Cl2N2O. The highest BCUT2D eigenvalue weighted by Crippen LogP contribution is 2.24. The Bertz CT molecular complexity index is 641. The summed E-state index contributed by atoms with van der Waals surface area (Å²) in [7, 11) is 0. The summed E-state index contributed by atoms with van der Waals surface area (Å²) in [4.78, 5) is 12.0. The van der Waals surface area contributed by atoms with Crippen molar-refractivity contribution < 1.29 is 4.79 Å². The summed E-state index contributed by atoms with van der Waals surface area (Å²) < 4.78 is 0. The summed E-state index contributed by atoms with van der Waals surface area (Å²) in [6, 6.07) is 10.1. The molecule has 0 spiro atoms. The van der Waals surface area contributed by atoms with E-state index in [9.17, 15) is 4.79 Å². The van der Waals surface area contributed by atoms with Gasteiger partial charge in [-0.05, 0) is 42.8 Å². The van der Waals surface area contributed by atoms with E-state index >= 15 is 0 Å². The molecule has 0 bridgehead atoms. The zero-order valence-electron chi connectivity index (χ0n) is 10.2. The Morgan fingerprint density at radius 2 is 1.84 bits per heavy atom. The maximum absolute atomic E-state index is 12.0. The van der Waals surface area contributed by atoms with Crippen LogP contribution in [-0.2, 0) is 0 Å². The van der Waals surface area contributed by atoms with Gasteiger partial charge in [-0.25, -0.2) is 0 Å². The maximum atomic E-state index is 12.0. The van der Waals surface area contributed by atoms with Crippen LogP contribution in [0.5, 0.6) is 0 Å². The Labute approximate surface area is 121 Å². The first-order valence-electron chi connectivity index (χ1n) is 5.60. The van der Waals surface area contributed by atoms with Crippen molar-refractivity contribution in [1.29, 1.82) is 0 Å². The van der Waals surface area contributed by atoms with E-state index in [-0.39, 0.29) is 5.91 Å². The van der Waals surface area contributed by atoms with Crippen LogP contribution in [0.1, 0.15) is 15.9 Å². The number of hydrogen-bond acceptors (Lipinski definition) is 2. The number of nitrogen functional groups attached to an aromatic ring is 1. The fraction of sp³-hybridized carbons (Fsp3) is 0.0714. The van der Waals surface area contributed by atoms with Gasteiger partial charge in [0.2, 0.25) is 0 Å². The van der Waals surface area contributed by atoms with Crippen molar-refractivity contribution in [3.05, 3.63) is 57.6 Å². The first-order valence-corrected chi connectivity index (χ1v) is 6.35. The quantitative estimate of drug-likeness (QED) is 0.818. The van der Waals surface area contributed by atoms with Crippen molar-refractivity contribution >= 4 is 40.5 Å². The van der Waals surface area contributed by atoms with E-state index in [2.05, 4.69) is 5.32 Å². The maximum Gasteiger partial charge on any atom is 0.255 e. The van der Waals surface area contributed by atoms with Crippen molar-refractivity contribution in [2.24, 2.45) is 0 Å². The van der Waals surface area contributed by atoms with Gasteiger partial charge in [-0.1, -0.05) is 29.3 Å². The standard InChI is InChI=1S/C14H12Cl2N2O/c1-8-2-5-13(11(16)6-8)18-14(19)9-3-4-12(17)10(15)7-9/h2-7H,17H2,1H3,(H,18,19). The van der Waals surface area contributed by atoms with Crippen LogP contribution in [0.2, 0.25) is 10.0 Å². The molecule has 2 rings (SSSR count). The summed E-state index contributed by atoms with van der Waals surface area (Å²) >= 11 is 11.9. The predicted octanol–water partition coefficient (Wildman–Crippen LogP) is 4.14. The Kier molecular flexibility index (Phi) is 3.98. The lowest BCUT2D eigenvalue weighted by atomic mass is 10.1. The fourth-order valence-electron chi connectivity index (χ4n) is 1.58. The monoisotopic (exact) mass is 294 g/mol. The van der Waals surface area contributed by atoms with Gasteiger partial charge in [-0.2, -0.15) is 0 Å². The van der Waals surface area contributed by atoms with Gasteiger partial charge in [0.15, 0.2) is 0 Å². The van der Waals surface area contributed by atoms with Gasteiger partial charge in [0.05, 0.1) is 21.4 Å². The van der Waals surface area contributed by atoms with Crippen molar-refractivity contribution in [2.45, 2.75) is 6.92 Å². The number of anilines is 2. The Balaban J connectivity index is 2.23. The normalized spacial score (nSPS) is 10.3. The molecule has 19 heavy (non-hydrogen) atoms. The van der Waals surface area contributed by atoms with Gasteiger partial charge >= 0.3 is 0 Å². The Hall–Kier alpha value is -1.71. The van der Waals surface area contributed by atoms with Crippen molar-refractivity contribution in [1.82, 2.24) is 0 Å². The molecule has 0 atom stereocenters. The molecule has 0 aliphatic carbocycles. The molecule has 2 aromatic carbocycles. The van der Waals surface area contributed by atoms with E-state index in [4.69, 9.17) is 28.9 Å². The van der Waals surface area contributed by atoms with Gasteiger partial charge in [0, 0.05) is 5.56 Å². The van der Waals surface area contributed by atoms with Crippen LogP contribution in [0, 0.1) is 6.92 Å². The molecule has 3 N–H and O–H groups in total. The summed E-state index contributed by atoms with van der Waals surface area (Å²) in [6.07, 6.45) is 0. The van der Waals surface area contributed by atoms with Gasteiger partial charge in [-0.15, -0.1) is 0 Å². The van der Waals surface area contributed by atoms with Crippen molar-refractivity contribution in [2.75, 3.05) is 11.1 Å². The number of amides is 1. The van der Waals surface area contributed by atoms with Crippen LogP contribution in [0.25, 0.3) is 0 Å². The topological polar surface area (TPSA) is 55.1 Å². The van der Waals surface area contributed by atoms with E-state index in [0.717, 1.165) is 5.56 Å². The Morgan fingerprint density at radius 1 is 1.11 bits per heavy atom. The minimum atomic E-state index is -0.285. The zero-order chi connectivity index (χ0) is 14.0. The molecule has 2 aromatic rings. The second-order valence-corrected chi connectivity index (χ2v) is 4.99. The number of carbonyl (C=O) groups excluding carboxylic acids is 1. The molecule has 0 fully saturated rings. The highest BCUT2D eigenvalue weighted by Gasteiger charge is 2.10. The molecule has 0 unspecified atom stereocenters. The third kappa shape index (κ3) is 3.19. The molecule has 0 aromatic heterocycles. The molecule has 0 aliphatic heterocycles. The zero-order valence-corrected chi connectivity index (χ0v) is 11.7. The van der Waals surface area contributed by atoms with E-state index in [1.165, 1.54) is 6.07 Å². The van der Waals surface area contributed by atoms with Crippen LogP contribution < -0.4 is 11.1 Å². The fourth-order valence-corrected chi connectivity index (χ4v) is 2.05. The lowest BCUT2D eigenvalue weighted by molar-refractivity contribution is 0.102. The number of nitrogens with one attached hydrogen (secondary N) is 1. The third-order valence-corrected chi connectivity index (χ3v) is 3.28. The van der Waals surface area contributed by atoms with Gasteiger partial charge < -0.3 is 11.1 Å². The lowest BCUT2D eigenvalue weighted by Gasteiger charge is -2.08. The van der Waals surface area contributed by atoms with E-state index in [0.29, 0.717) is 27.0 Å². The van der Waals surface area contributed by atoms with Gasteiger partial charge in [-0.3, -0.25) is 4.79 Å². The van der Waals surface area contributed by atoms with Crippen LogP contribution in [0.3, 0.4) is 0 Å². The van der Waals surface area contributed by atoms with Gasteiger partial charge in [0.1, 0.15) is 0 Å². The molecule has 0 heterocycles.